The van der Waals surface area contributed by atoms with Crippen molar-refractivity contribution < 1.29 is 9.53 Å². The molecular formula is C15H13ClN4O2S. The summed E-state index contributed by atoms with van der Waals surface area (Å²) in [6.07, 6.45) is -0.318. The number of anilines is 2. The molecule has 1 aromatic carbocycles. The van der Waals surface area contributed by atoms with Crippen LogP contribution in [0.1, 0.15) is 24.1 Å². The van der Waals surface area contributed by atoms with Crippen LogP contribution in [-0.2, 0) is 4.74 Å². The lowest BCUT2D eigenvalue weighted by Crippen LogP contribution is -2.23. The first kappa shape index (κ1) is 15.6. The Morgan fingerprint density at radius 2 is 2.22 bits per heavy atom. The highest BCUT2D eigenvalue weighted by atomic mass is 35.5. The highest BCUT2D eigenvalue weighted by Gasteiger charge is 2.23. The Balaban J connectivity index is 1.74. The van der Waals surface area contributed by atoms with Crippen LogP contribution in [0.5, 0.6) is 0 Å². The number of halogens is 1. The van der Waals surface area contributed by atoms with Gasteiger partial charge in [0, 0.05) is 11.7 Å². The van der Waals surface area contributed by atoms with Crippen LogP contribution in [0, 0.1) is 11.3 Å². The van der Waals surface area contributed by atoms with Crippen molar-refractivity contribution in [3.63, 3.8) is 0 Å². The van der Waals surface area contributed by atoms with E-state index in [0.29, 0.717) is 23.7 Å². The molecule has 1 aromatic heterocycles. The minimum absolute atomic E-state index is 0.0294. The van der Waals surface area contributed by atoms with Gasteiger partial charge in [0.25, 0.3) is 0 Å². The van der Waals surface area contributed by atoms with Crippen molar-refractivity contribution >= 4 is 39.9 Å². The molecule has 1 atom stereocenters. The zero-order chi connectivity index (χ0) is 16.4. The maximum absolute atomic E-state index is 11.6. The number of cyclic esters (lactones) is 1. The molecule has 2 aromatic rings. The van der Waals surface area contributed by atoms with Gasteiger partial charge in [0.1, 0.15) is 23.2 Å². The van der Waals surface area contributed by atoms with E-state index in [4.69, 9.17) is 21.6 Å². The van der Waals surface area contributed by atoms with Crippen molar-refractivity contribution in [1.29, 1.82) is 5.26 Å². The molecule has 118 valence electrons. The molecule has 1 N–H and O–H groups in total. The average Bonchev–Trinajstić information content (AvgIpc) is 3.13. The molecule has 1 amide bonds. The van der Waals surface area contributed by atoms with Gasteiger partial charge in [0.05, 0.1) is 6.54 Å². The van der Waals surface area contributed by atoms with E-state index in [2.05, 4.69) is 9.69 Å². The van der Waals surface area contributed by atoms with Crippen LogP contribution in [0.3, 0.4) is 0 Å². The van der Waals surface area contributed by atoms with E-state index in [-0.39, 0.29) is 17.3 Å². The van der Waals surface area contributed by atoms with Gasteiger partial charge in [-0.1, -0.05) is 23.7 Å². The first-order valence-electron chi connectivity index (χ1n) is 6.96. The number of carbonyl (C=O) groups excluding carboxylic acids is 1. The van der Waals surface area contributed by atoms with E-state index in [1.165, 1.54) is 0 Å². The number of amides is 1. The highest BCUT2D eigenvalue weighted by molar-refractivity contribution is 7.10. The molecule has 6 nitrogen and oxygen atoms in total. The van der Waals surface area contributed by atoms with Crippen LogP contribution in [0.25, 0.3) is 0 Å². The fourth-order valence-corrected chi connectivity index (χ4v) is 3.34. The van der Waals surface area contributed by atoms with Crippen molar-refractivity contribution in [3.8, 4) is 6.07 Å². The molecule has 0 unspecified atom stereocenters. The summed E-state index contributed by atoms with van der Waals surface area (Å²) in [5, 5.41) is 13.2. The summed E-state index contributed by atoms with van der Waals surface area (Å²) >= 11 is 7.03. The summed E-state index contributed by atoms with van der Waals surface area (Å²) < 4.78 is 8.90. The molecule has 23 heavy (non-hydrogen) atoms. The monoisotopic (exact) mass is 348 g/mol. The Morgan fingerprint density at radius 3 is 2.83 bits per heavy atom. The normalized spacial score (nSPS) is 15.2. The Labute approximate surface area is 142 Å². The van der Waals surface area contributed by atoms with Gasteiger partial charge in [-0.25, -0.2) is 4.79 Å². The smallest absolute Gasteiger partial charge is 0.414 e. The summed E-state index contributed by atoms with van der Waals surface area (Å²) in [6.45, 7) is 2.96. The molecule has 0 radical (unpaired) electrons. The quantitative estimate of drug-likeness (QED) is 0.909. The van der Waals surface area contributed by atoms with Gasteiger partial charge in [-0.2, -0.15) is 9.64 Å². The Kier molecular flexibility index (Phi) is 4.37. The van der Waals surface area contributed by atoms with Crippen LogP contribution < -0.4 is 10.2 Å². The van der Waals surface area contributed by atoms with Gasteiger partial charge in [-0.05, 0) is 36.2 Å². The number of aromatic nitrogens is 1. The molecule has 1 aliphatic rings. The maximum atomic E-state index is 11.6. The van der Waals surface area contributed by atoms with Gasteiger partial charge in [-0.3, -0.25) is 4.90 Å². The SMILES string of the molecule is C[C@H](Nc1snc(Cl)c1C#N)c1ccc(N2CCOC2=O)cc1. The molecule has 2 heterocycles. The van der Waals surface area contributed by atoms with Crippen molar-refractivity contribution in [3.05, 3.63) is 40.5 Å². The van der Waals surface area contributed by atoms with Crippen LogP contribution in [0.2, 0.25) is 5.15 Å². The number of nitriles is 1. The summed E-state index contributed by atoms with van der Waals surface area (Å²) in [5.74, 6) is 0. The first-order chi connectivity index (χ1) is 11.1. The van der Waals surface area contributed by atoms with E-state index in [1.807, 2.05) is 37.3 Å². The third kappa shape index (κ3) is 3.09. The molecule has 1 saturated heterocycles. The predicted octanol–water partition coefficient (Wildman–Crippen LogP) is 3.80. The molecule has 1 fully saturated rings. The number of ether oxygens (including phenoxy) is 1. The van der Waals surface area contributed by atoms with Gasteiger partial charge in [-0.15, -0.1) is 0 Å². The number of hydrogen-bond donors (Lipinski definition) is 1. The lowest BCUT2D eigenvalue weighted by atomic mass is 10.1. The second kappa shape index (κ2) is 6.44. The zero-order valence-electron chi connectivity index (χ0n) is 12.2. The van der Waals surface area contributed by atoms with Gasteiger partial charge in [0.2, 0.25) is 0 Å². The highest BCUT2D eigenvalue weighted by Crippen LogP contribution is 2.31. The van der Waals surface area contributed by atoms with Crippen LogP contribution in [0.15, 0.2) is 24.3 Å². The fourth-order valence-electron chi connectivity index (χ4n) is 2.32. The Morgan fingerprint density at radius 1 is 1.48 bits per heavy atom. The number of nitrogens with one attached hydrogen (secondary N) is 1. The second-order valence-electron chi connectivity index (χ2n) is 5.01. The topological polar surface area (TPSA) is 78.2 Å². The van der Waals surface area contributed by atoms with E-state index < -0.39 is 0 Å². The summed E-state index contributed by atoms with van der Waals surface area (Å²) in [4.78, 5) is 13.1. The lowest BCUT2D eigenvalue weighted by Gasteiger charge is -2.17. The first-order valence-corrected chi connectivity index (χ1v) is 8.11. The molecule has 3 rings (SSSR count). The largest absolute Gasteiger partial charge is 0.447 e. The molecule has 1 aliphatic heterocycles. The van der Waals surface area contributed by atoms with Crippen molar-refractivity contribution in [2.24, 2.45) is 0 Å². The minimum atomic E-state index is -0.318. The van der Waals surface area contributed by atoms with Crippen molar-refractivity contribution in [2.75, 3.05) is 23.4 Å². The second-order valence-corrected chi connectivity index (χ2v) is 6.14. The van der Waals surface area contributed by atoms with Crippen LogP contribution in [0.4, 0.5) is 15.5 Å². The lowest BCUT2D eigenvalue weighted by molar-refractivity contribution is 0.181. The average molecular weight is 349 g/mol. The van der Waals surface area contributed by atoms with E-state index in [0.717, 1.165) is 22.8 Å². The zero-order valence-corrected chi connectivity index (χ0v) is 13.8. The minimum Gasteiger partial charge on any atom is -0.447 e. The van der Waals surface area contributed by atoms with E-state index in [1.54, 1.807) is 4.90 Å². The third-order valence-electron chi connectivity index (χ3n) is 3.58. The third-order valence-corrected chi connectivity index (χ3v) is 4.73. The van der Waals surface area contributed by atoms with Crippen LogP contribution in [-0.4, -0.2) is 23.6 Å². The molecule has 8 heteroatoms. The van der Waals surface area contributed by atoms with E-state index in [9.17, 15) is 4.79 Å². The fraction of sp³-hybridized carbons (Fsp3) is 0.267. The van der Waals surface area contributed by atoms with Crippen LogP contribution >= 0.6 is 23.1 Å². The van der Waals surface area contributed by atoms with Gasteiger partial charge < -0.3 is 10.1 Å². The molecule has 0 spiro atoms. The molecular weight excluding hydrogens is 336 g/mol. The van der Waals surface area contributed by atoms with Gasteiger partial charge >= 0.3 is 6.09 Å². The van der Waals surface area contributed by atoms with Crippen molar-refractivity contribution in [1.82, 2.24) is 4.37 Å². The maximum Gasteiger partial charge on any atom is 0.414 e. The predicted molar refractivity (Wildman–Crippen MR) is 89.0 cm³/mol. The number of benzene rings is 1. The summed E-state index contributed by atoms with van der Waals surface area (Å²) in [7, 11) is 0. The van der Waals surface area contributed by atoms with Gasteiger partial charge in [0.15, 0.2) is 5.15 Å². The van der Waals surface area contributed by atoms with E-state index >= 15 is 0 Å². The molecule has 0 saturated carbocycles. The number of nitrogens with zero attached hydrogens (tertiary/aromatic N) is 3. The summed E-state index contributed by atoms with van der Waals surface area (Å²) in [6, 6.07) is 9.65. The number of hydrogen-bond acceptors (Lipinski definition) is 6. The molecule has 0 aliphatic carbocycles. The molecule has 0 bridgehead atoms. The standard InChI is InChI=1S/C15H13ClN4O2S/c1-9(18-14-12(8-17)13(16)19-23-14)10-2-4-11(5-3-10)20-6-7-22-15(20)21/h2-5,9,18H,6-7H2,1H3/t9-/m0/s1. The van der Waals surface area contributed by atoms with Crippen molar-refractivity contribution in [2.45, 2.75) is 13.0 Å². The summed E-state index contributed by atoms with van der Waals surface area (Å²) in [5.41, 5.74) is 2.19. The number of rotatable bonds is 4. The Bertz CT molecular complexity index is 769. The number of carbonyl (C=O) groups is 1. The Hall–Kier alpha value is -2.30.